The van der Waals surface area contributed by atoms with Crippen LogP contribution >= 0.6 is 11.6 Å². The second kappa shape index (κ2) is 5.76. The summed E-state index contributed by atoms with van der Waals surface area (Å²) >= 11 is 5.86. The van der Waals surface area contributed by atoms with Crippen LogP contribution in [0.1, 0.15) is 11.7 Å². The fraction of sp³-hybridized carbons (Fsp3) is 0.308. The number of sulfonamides is 1. The van der Waals surface area contributed by atoms with E-state index in [0.29, 0.717) is 18.2 Å². The lowest BCUT2D eigenvalue weighted by molar-refractivity contribution is -0.00261. The third kappa shape index (κ3) is 2.96. The minimum atomic E-state index is -3.56. The van der Waals surface area contributed by atoms with Crippen LogP contribution in [0.4, 0.5) is 0 Å². The molecule has 2 heterocycles. The van der Waals surface area contributed by atoms with Gasteiger partial charge in [0.1, 0.15) is 0 Å². The molecule has 3 rings (SSSR count). The molecule has 0 radical (unpaired) electrons. The molecule has 1 aliphatic rings. The van der Waals surface area contributed by atoms with Crippen molar-refractivity contribution in [2.24, 2.45) is 0 Å². The second-order valence-electron chi connectivity index (χ2n) is 4.69. The van der Waals surface area contributed by atoms with Crippen molar-refractivity contribution < 1.29 is 13.2 Å². The summed E-state index contributed by atoms with van der Waals surface area (Å²) in [6, 6.07) is 7.23. The van der Waals surface area contributed by atoms with Gasteiger partial charge in [-0.3, -0.25) is 0 Å². The Labute approximate surface area is 127 Å². The number of nitrogens with zero attached hydrogens (tertiary/aromatic N) is 2. The molecule has 1 aliphatic heterocycles. The SMILES string of the molecule is O=S(=O)(c1cnc[nH]1)N1CCOC(c2ccc(Cl)cc2)C1. The highest BCUT2D eigenvalue weighted by Gasteiger charge is 2.32. The molecule has 1 aromatic carbocycles. The smallest absolute Gasteiger partial charge is 0.260 e. The average molecular weight is 328 g/mol. The van der Waals surface area contributed by atoms with Gasteiger partial charge in [0.05, 0.1) is 25.2 Å². The fourth-order valence-electron chi connectivity index (χ4n) is 2.25. The van der Waals surface area contributed by atoms with Gasteiger partial charge in [0.15, 0.2) is 5.03 Å². The van der Waals surface area contributed by atoms with Crippen LogP contribution in [0, 0.1) is 0 Å². The number of imidazole rings is 1. The van der Waals surface area contributed by atoms with Crippen LogP contribution in [-0.4, -0.2) is 42.4 Å². The van der Waals surface area contributed by atoms with E-state index in [1.54, 1.807) is 12.1 Å². The third-order valence-corrected chi connectivity index (χ3v) is 5.40. The van der Waals surface area contributed by atoms with E-state index < -0.39 is 10.0 Å². The van der Waals surface area contributed by atoms with Gasteiger partial charge in [0.25, 0.3) is 10.0 Å². The summed E-state index contributed by atoms with van der Waals surface area (Å²) in [6.07, 6.45) is 2.36. The van der Waals surface area contributed by atoms with Crippen LogP contribution in [0.5, 0.6) is 0 Å². The lowest BCUT2D eigenvalue weighted by atomic mass is 10.1. The number of rotatable bonds is 3. The number of H-pyrrole nitrogens is 1. The zero-order valence-electron chi connectivity index (χ0n) is 11.1. The number of hydrogen-bond donors (Lipinski definition) is 1. The van der Waals surface area contributed by atoms with Gasteiger partial charge in [-0.25, -0.2) is 13.4 Å². The Balaban J connectivity index is 1.82. The molecular weight excluding hydrogens is 314 g/mol. The van der Waals surface area contributed by atoms with E-state index in [4.69, 9.17) is 16.3 Å². The van der Waals surface area contributed by atoms with Crippen molar-refractivity contribution in [1.82, 2.24) is 14.3 Å². The van der Waals surface area contributed by atoms with E-state index in [1.807, 2.05) is 12.1 Å². The quantitative estimate of drug-likeness (QED) is 0.933. The number of nitrogens with one attached hydrogen (secondary N) is 1. The number of morpholine rings is 1. The molecule has 6 nitrogen and oxygen atoms in total. The lowest BCUT2D eigenvalue weighted by Crippen LogP contribution is -2.42. The zero-order chi connectivity index (χ0) is 14.9. The summed E-state index contributed by atoms with van der Waals surface area (Å²) in [5, 5.41) is 0.732. The predicted molar refractivity (Wildman–Crippen MR) is 77.5 cm³/mol. The number of benzene rings is 1. The summed E-state index contributed by atoms with van der Waals surface area (Å²) in [5.74, 6) is 0. The maximum atomic E-state index is 12.5. The maximum absolute atomic E-state index is 12.5. The molecular formula is C13H14ClN3O3S. The molecule has 0 spiro atoms. The second-order valence-corrected chi connectivity index (χ2v) is 7.03. The standard InChI is InChI=1S/C13H14ClN3O3S/c14-11-3-1-10(2-4-11)12-8-17(5-6-20-12)21(18,19)13-7-15-9-16-13/h1-4,7,9,12H,5-6,8H2,(H,15,16). The summed E-state index contributed by atoms with van der Waals surface area (Å²) in [6.45, 7) is 0.940. The minimum absolute atomic E-state index is 0.0965. The molecule has 1 aromatic heterocycles. The van der Waals surface area contributed by atoms with Crippen molar-refractivity contribution in [3.8, 4) is 0 Å². The average Bonchev–Trinajstić information content (AvgIpc) is 3.03. The van der Waals surface area contributed by atoms with Crippen molar-refractivity contribution in [1.29, 1.82) is 0 Å². The van der Waals surface area contributed by atoms with Crippen molar-refractivity contribution in [3.63, 3.8) is 0 Å². The highest BCUT2D eigenvalue weighted by Crippen LogP contribution is 2.26. The summed E-state index contributed by atoms with van der Waals surface area (Å²) < 4.78 is 32.0. The monoisotopic (exact) mass is 327 g/mol. The highest BCUT2D eigenvalue weighted by atomic mass is 35.5. The van der Waals surface area contributed by atoms with Gasteiger partial charge in [-0.15, -0.1) is 0 Å². The summed E-state index contributed by atoms with van der Waals surface area (Å²) in [7, 11) is -3.56. The molecule has 0 aliphatic carbocycles. The van der Waals surface area contributed by atoms with Crippen LogP contribution < -0.4 is 0 Å². The molecule has 0 amide bonds. The van der Waals surface area contributed by atoms with Gasteiger partial charge in [0, 0.05) is 18.1 Å². The van der Waals surface area contributed by atoms with E-state index in [-0.39, 0.29) is 17.7 Å². The molecule has 112 valence electrons. The Kier molecular flexibility index (Phi) is 3.99. The van der Waals surface area contributed by atoms with Crippen molar-refractivity contribution in [3.05, 3.63) is 47.4 Å². The van der Waals surface area contributed by atoms with E-state index >= 15 is 0 Å². The van der Waals surface area contributed by atoms with Gasteiger partial charge in [-0.05, 0) is 17.7 Å². The van der Waals surface area contributed by atoms with Crippen molar-refractivity contribution in [2.45, 2.75) is 11.1 Å². The van der Waals surface area contributed by atoms with E-state index in [2.05, 4.69) is 9.97 Å². The topological polar surface area (TPSA) is 75.3 Å². The number of halogens is 1. The van der Waals surface area contributed by atoms with Crippen LogP contribution in [-0.2, 0) is 14.8 Å². The zero-order valence-corrected chi connectivity index (χ0v) is 12.6. The van der Waals surface area contributed by atoms with Gasteiger partial charge in [0.2, 0.25) is 0 Å². The first kappa shape index (κ1) is 14.5. The number of aromatic amines is 1. The van der Waals surface area contributed by atoms with Gasteiger partial charge < -0.3 is 9.72 Å². The third-order valence-electron chi connectivity index (χ3n) is 3.36. The Bertz CT molecular complexity index is 701. The molecule has 1 fully saturated rings. The first-order chi connectivity index (χ1) is 10.1. The van der Waals surface area contributed by atoms with Crippen LogP contribution in [0.25, 0.3) is 0 Å². The molecule has 1 atom stereocenters. The van der Waals surface area contributed by atoms with E-state index in [0.717, 1.165) is 5.56 Å². The Morgan fingerprint density at radius 2 is 2.10 bits per heavy atom. The first-order valence-electron chi connectivity index (χ1n) is 6.43. The first-order valence-corrected chi connectivity index (χ1v) is 8.25. The van der Waals surface area contributed by atoms with Gasteiger partial charge in [-0.1, -0.05) is 23.7 Å². The molecule has 0 bridgehead atoms. The van der Waals surface area contributed by atoms with Gasteiger partial charge in [-0.2, -0.15) is 4.31 Å². The molecule has 21 heavy (non-hydrogen) atoms. The molecule has 2 aromatic rings. The largest absolute Gasteiger partial charge is 0.371 e. The number of ether oxygens (including phenoxy) is 1. The molecule has 1 N–H and O–H groups in total. The van der Waals surface area contributed by atoms with Gasteiger partial charge >= 0.3 is 0 Å². The van der Waals surface area contributed by atoms with Crippen molar-refractivity contribution in [2.75, 3.05) is 19.7 Å². The molecule has 1 unspecified atom stereocenters. The normalized spacial score (nSPS) is 20.5. The van der Waals surface area contributed by atoms with Crippen LogP contribution in [0.2, 0.25) is 5.02 Å². The lowest BCUT2D eigenvalue weighted by Gasteiger charge is -2.32. The van der Waals surface area contributed by atoms with Crippen LogP contribution in [0.15, 0.2) is 41.8 Å². The number of aromatic nitrogens is 2. The number of hydrogen-bond acceptors (Lipinski definition) is 4. The molecule has 0 saturated carbocycles. The Morgan fingerprint density at radius 1 is 1.33 bits per heavy atom. The molecule has 8 heteroatoms. The van der Waals surface area contributed by atoms with E-state index in [9.17, 15) is 8.42 Å². The predicted octanol–water partition coefficient (Wildman–Crippen LogP) is 1.83. The Hall–Kier alpha value is -1.41. The molecule has 1 saturated heterocycles. The van der Waals surface area contributed by atoms with Crippen LogP contribution in [0.3, 0.4) is 0 Å². The Morgan fingerprint density at radius 3 is 2.76 bits per heavy atom. The summed E-state index contributed by atoms with van der Waals surface area (Å²) in [5.41, 5.74) is 0.906. The minimum Gasteiger partial charge on any atom is -0.371 e. The fourth-order valence-corrected chi connectivity index (χ4v) is 3.69. The van der Waals surface area contributed by atoms with Crippen molar-refractivity contribution >= 4 is 21.6 Å². The maximum Gasteiger partial charge on any atom is 0.260 e. The highest BCUT2D eigenvalue weighted by molar-refractivity contribution is 7.89. The van der Waals surface area contributed by atoms with E-state index in [1.165, 1.54) is 16.8 Å². The summed E-state index contributed by atoms with van der Waals surface area (Å²) in [4.78, 5) is 6.40.